The monoisotopic (exact) mass is 517 g/mol. The van der Waals surface area contributed by atoms with Crippen molar-refractivity contribution in [3.05, 3.63) is 35.3 Å². The number of ketones is 1. The first-order chi connectivity index (χ1) is 17.0. The van der Waals surface area contributed by atoms with E-state index in [1.807, 2.05) is 18.2 Å². The molecular weight excluding hydrogens is 490 g/mol. The fourth-order valence-corrected chi connectivity index (χ4v) is 6.62. The van der Waals surface area contributed by atoms with Crippen molar-refractivity contribution in [2.45, 2.75) is 55.7 Å². The first-order valence-electron chi connectivity index (χ1n) is 12.0. The Morgan fingerprint density at radius 2 is 2.06 bits per heavy atom. The van der Waals surface area contributed by atoms with E-state index in [2.05, 4.69) is 10.3 Å². The van der Waals surface area contributed by atoms with E-state index in [-0.39, 0.29) is 36.7 Å². The first-order valence-corrected chi connectivity index (χ1v) is 13.2. The van der Waals surface area contributed by atoms with Crippen LogP contribution in [0.5, 0.6) is 5.88 Å². The van der Waals surface area contributed by atoms with Gasteiger partial charge in [-0.05, 0) is 42.5 Å². The van der Waals surface area contributed by atoms with E-state index in [0.29, 0.717) is 10.8 Å². The maximum Gasteiger partial charge on any atom is 0.262 e. The van der Waals surface area contributed by atoms with Crippen molar-refractivity contribution in [3.63, 3.8) is 0 Å². The molecule has 2 amide bonds. The van der Waals surface area contributed by atoms with Gasteiger partial charge in [-0.25, -0.2) is 4.98 Å². The number of nitrogens with zero attached hydrogens (tertiary/aromatic N) is 2. The Bertz CT molecular complexity index is 1120. The third-order valence-electron chi connectivity index (χ3n) is 7.14. The number of Topliss-reactive ketones (excluding diaryl/α,β-unsaturated/α-hetero) is 1. The Morgan fingerprint density at radius 3 is 2.83 bits per heavy atom. The zero-order valence-corrected chi connectivity index (χ0v) is 21.0. The van der Waals surface area contributed by atoms with Gasteiger partial charge in [-0.3, -0.25) is 14.4 Å². The number of methoxy groups -OCH3 is 1. The Kier molecular flexibility index (Phi) is 7.09. The number of hydrogen-bond donors (Lipinski definition) is 1. The summed E-state index contributed by atoms with van der Waals surface area (Å²) in [5.41, 5.74) is 0.900. The number of rotatable bonds is 6. The molecule has 10 heteroatoms. The molecule has 8 nitrogen and oxygen atoms in total. The average Bonchev–Trinajstić information content (AvgIpc) is 3.61. The van der Waals surface area contributed by atoms with Gasteiger partial charge >= 0.3 is 0 Å². The van der Waals surface area contributed by atoms with Crippen molar-refractivity contribution in [1.29, 1.82) is 0 Å². The lowest BCUT2D eigenvalue weighted by molar-refractivity contribution is -0.139. The van der Waals surface area contributed by atoms with E-state index < -0.39 is 23.6 Å². The van der Waals surface area contributed by atoms with Crippen molar-refractivity contribution in [1.82, 2.24) is 15.2 Å². The van der Waals surface area contributed by atoms with Gasteiger partial charge in [0, 0.05) is 23.7 Å². The van der Waals surface area contributed by atoms with Crippen molar-refractivity contribution in [2.24, 2.45) is 5.92 Å². The van der Waals surface area contributed by atoms with Gasteiger partial charge in [-0.1, -0.05) is 19.3 Å². The summed E-state index contributed by atoms with van der Waals surface area (Å²) in [6.07, 6.45) is 6.06. The van der Waals surface area contributed by atoms with Crippen LogP contribution in [0.2, 0.25) is 0 Å². The van der Waals surface area contributed by atoms with Crippen LogP contribution < -0.4 is 10.1 Å². The van der Waals surface area contributed by atoms with E-state index in [0.717, 1.165) is 42.5 Å². The number of pyridine rings is 1. The molecule has 0 aromatic carbocycles. The summed E-state index contributed by atoms with van der Waals surface area (Å²) >= 11 is 7.77. The number of amides is 2. The topological polar surface area (TPSA) is 97.8 Å². The largest absolute Gasteiger partial charge is 0.481 e. The van der Waals surface area contributed by atoms with Crippen LogP contribution in [-0.2, 0) is 14.3 Å². The van der Waals surface area contributed by atoms with E-state index in [1.54, 1.807) is 24.3 Å². The van der Waals surface area contributed by atoms with Crippen LogP contribution in [0, 0.1) is 5.92 Å². The lowest BCUT2D eigenvalue weighted by Gasteiger charge is -2.34. The second-order valence-corrected chi connectivity index (χ2v) is 10.9. The molecule has 35 heavy (non-hydrogen) atoms. The molecule has 4 heterocycles. The van der Waals surface area contributed by atoms with Gasteiger partial charge in [0.15, 0.2) is 5.78 Å². The minimum Gasteiger partial charge on any atom is -0.481 e. The number of hydrogen-bond acceptors (Lipinski definition) is 7. The third-order valence-corrected chi connectivity index (χ3v) is 8.66. The molecule has 3 fully saturated rings. The minimum absolute atomic E-state index is 0.0225. The number of carbonyl (C=O) groups is 3. The number of ether oxygens (including phenoxy) is 2. The van der Waals surface area contributed by atoms with Crippen LogP contribution in [0.3, 0.4) is 0 Å². The highest BCUT2D eigenvalue weighted by Gasteiger charge is 2.53. The molecule has 1 saturated carbocycles. The summed E-state index contributed by atoms with van der Waals surface area (Å²) in [5, 5.41) is 2.59. The molecule has 2 aliphatic heterocycles. The van der Waals surface area contributed by atoms with E-state index in [4.69, 9.17) is 21.1 Å². The van der Waals surface area contributed by atoms with Gasteiger partial charge in [0.05, 0.1) is 17.4 Å². The molecule has 1 N–H and O–H groups in total. The molecule has 0 radical (unpaired) electrons. The third kappa shape index (κ3) is 4.81. The van der Waals surface area contributed by atoms with E-state index >= 15 is 0 Å². The highest BCUT2D eigenvalue weighted by atomic mass is 35.5. The SMILES string of the molecule is COc1cc(-c2ccc(C(=O)NC(C(=O)N3C[C@H](Cl)[C@H]4OCC(=O)[C@H]43)C3CCCCC3)s2)ccn1. The van der Waals surface area contributed by atoms with Crippen molar-refractivity contribution in [3.8, 4) is 16.3 Å². The van der Waals surface area contributed by atoms with Crippen LogP contribution >= 0.6 is 22.9 Å². The van der Waals surface area contributed by atoms with E-state index in [1.165, 1.54) is 11.3 Å². The number of likely N-dealkylation sites (tertiary alicyclic amines) is 1. The average molecular weight is 518 g/mol. The van der Waals surface area contributed by atoms with Gasteiger partial charge in [0.2, 0.25) is 11.8 Å². The van der Waals surface area contributed by atoms with Crippen LogP contribution in [0.4, 0.5) is 0 Å². The maximum atomic E-state index is 13.8. The van der Waals surface area contributed by atoms with Crippen LogP contribution in [0.25, 0.3) is 10.4 Å². The Balaban J connectivity index is 1.36. The fourth-order valence-electron chi connectivity index (χ4n) is 5.35. The summed E-state index contributed by atoms with van der Waals surface area (Å²) in [6, 6.07) is 5.95. The number of carbonyl (C=O) groups excluding carboxylic acids is 3. The highest BCUT2D eigenvalue weighted by molar-refractivity contribution is 7.17. The Hall–Kier alpha value is -2.49. The van der Waals surface area contributed by atoms with Crippen molar-refractivity contribution in [2.75, 3.05) is 20.3 Å². The number of aromatic nitrogens is 1. The lowest BCUT2D eigenvalue weighted by Crippen LogP contribution is -2.55. The molecule has 2 aromatic rings. The zero-order valence-electron chi connectivity index (χ0n) is 19.4. The predicted octanol–water partition coefficient (Wildman–Crippen LogP) is 3.28. The molecule has 0 spiro atoms. The van der Waals surface area contributed by atoms with E-state index in [9.17, 15) is 14.4 Å². The fraction of sp³-hybridized carbons (Fsp3) is 0.520. The summed E-state index contributed by atoms with van der Waals surface area (Å²) in [7, 11) is 1.56. The van der Waals surface area contributed by atoms with Gasteiger partial charge < -0.3 is 19.7 Å². The second-order valence-electron chi connectivity index (χ2n) is 9.29. The predicted molar refractivity (Wildman–Crippen MR) is 132 cm³/mol. The Labute approximate surface area is 212 Å². The van der Waals surface area contributed by atoms with Crippen molar-refractivity contribution >= 4 is 40.5 Å². The first kappa shape index (κ1) is 24.2. The molecule has 2 aromatic heterocycles. The van der Waals surface area contributed by atoms with Crippen LogP contribution in [0.1, 0.15) is 41.8 Å². The highest BCUT2D eigenvalue weighted by Crippen LogP contribution is 2.35. The molecule has 3 aliphatic rings. The molecule has 0 bridgehead atoms. The molecule has 186 valence electrons. The van der Waals surface area contributed by atoms with Gasteiger partial charge in [0.25, 0.3) is 5.91 Å². The van der Waals surface area contributed by atoms with Crippen LogP contribution in [0.15, 0.2) is 30.5 Å². The second kappa shape index (κ2) is 10.2. The number of halogens is 1. The van der Waals surface area contributed by atoms with Gasteiger partial charge in [0.1, 0.15) is 24.8 Å². The molecule has 2 saturated heterocycles. The summed E-state index contributed by atoms with van der Waals surface area (Å²) in [4.78, 5) is 46.6. The summed E-state index contributed by atoms with van der Waals surface area (Å²) < 4.78 is 10.7. The number of alkyl halides is 1. The zero-order chi connectivity index (χ0) is 24.5. The van der Waals surface area contributed by atoms with Gasteiger partial charge in [-0.15, -0.1) is 22.9 Å². The number of nitrogens with one attached hydrogen (secondary N) is 1. The quantitative estimate of drug-likeness (QED) is 0.590. The molecule has 1 unspecified atom stereocenters. The Morgan fingerprint density at radius 1 is 1.26 bits per heavy atom. The molecule has 5 rings (SSSR count). The summed E-state index contributed by atoms with van der Waals surface area (Å²) in [6.45, 7) is 0.216. The molecule has 4 atom stereocenters. The van der Waals surface area contributed by atoms with Crippen LogP contribution in [-0.4, -0.2) is 71.3 Å². The minimum atomic E-state index is -0.703. The summed E-state index contributed by atoms with van der Waals surface area (Å²) in [5.74, 6) is -0.140. The van der Waals surface area contributed by atoms with Crippen molar-refractivity contribution < 1.29 is 23.9 Å². The standard InChI is InChI=1S/C25H28ClN3O5S/c1-33-20-11-15(9-10-27-20)18-7-8-19(35-18)24(31)28-21(14-5-3-2-4-6-14)25(32)29-12-16(26)23-22(29)17(30)13-34-23/h7-11,14,16,21-23H,2-6,12-13H2,1H3,(H,28,31)/t16-,21?,22+,23+/m0/s1. The smallest absolute Gasteiger partial charge is 0.262 e. The lowest BCUT2D eigenvalue weighted by atomic mass is 9.83. The molecular formula is C25H28ClN3O5S. The number of fused-ring (bicyclic) bond motifs is 1. The van der Waals surface area contributed by atoms with Gasteiger partial charge in [-0.2, -0.15) is 0 Å². The number of thiophene rings is 1. The molecule has 1 aliphatic carbocycles. The maximum absolute atomic E-state index is 13.8. The normalized spacial score (nSPS) is 25.4.